The molecule has 0 aromatic carbocycles. The van der Waals surface area contributed by atoms with Crippen molar-refractivity contribution in [2.75, 3.05) is 0 Å². The van der Waals surface area contributed by atoms with Crippen molar-refractivity contribution in [2.24, 2.45) is 0 Å². The third-order valence-corrected chi connectivity index (χ3v) is 0. The van der Waals surface area contributed by atoms with E-state index in [-0.39, 0.29) is 67.7 Å². The molecule has 0 nitrogen and oxygen atoms in total. The molecule has 0 N–H and O–H groups in total. The third-order valence-electron chi connectivity index (χ3n) is 0. The second kappa shape index (κ2) is 18.7. The summed E-state index contributed by atoms with van der Waals surface area (Å²) in [5, 5.41) is 0. The molecule has 0 amide bonds. The van der Waals surface area contributed by atoms with Gasteiger partial charge in [-0.1, -0.05) is 0 Å². The van der Waals surface area contributed by atoms with Crippen molar-refractivity contribution < 1.29 is 33.8 Å². The van der Waals surface area contributed by atoms with Crippen LogP contribution in [0.2, 0.25) is 0 Å². The Morgan fingerprint density at radius 2 is 1.00 bits per heavy atom. The molecular formula is H5CoCuPSn. The van der Waals surface area contributed by atoms with Gasteiger partial charge in [0, 0.05) is 33.8 Å². The fourth-order valence-electron chi connectivity index (χ4n) is 0. The normalized spacial score (nSPS) is 0. The molecule has 0 aliphatic heterocycles. The summed E-state index contributed by atoms with van der Waals surface area (Å²) in [6, 6.07) is 0. The Hall–Kier alpha value is 2.25. The average molecular weight is 277 g/mol. The van der Waals surface area contributed by atoms with E-state index < -0.39 is 0 Å². The van der Waals surface area contributed by atoms with Crippen molar-refractivity contribution >= 4 is 33.8 Å². The summed E-state index contributed by atoms with van der Waals surface area (Å²) in [4.78, 5) is 0. The van der Waals surface area contributed by atoms with Crippen molar-refractivity contribution in [2.45, 2.75) is 0 Å². The monoisotopic (exact) mass is 278 g/mol. The second-order valence-electron chi connectivity index (χ2n) is 0. The first-order valence-electron chi connectivity index (χ1n) is 0. The van der Waals surface area contributed by atoms with E-state index in [1.807, 2.05) is 0 Å². The first kappa shape index (κ1) is 34.0. The Bertz CT molecular complexity index is 8.00. The minimum atomic E-state index is 0. The van der Waals surface area contributed by atoms with Gasteiger partial charge in [0.2, 0.25) is 0 Å². The zero-order valence-corrected chi connectivity index (χ0v) is 9.48. The van der Waals surface area contributed by atoms with Crippen LogP contribution in [0.5, 0.6) is 0 Å². The molecule has 0 aliphatic carbocycles. The van der Waals surface area contributed by atoms with Gasteiger partial charge in [-0.3, -0.25) is 0 Å². The fraction of sp³-hybridized carbons (Fsp3) is 0. The van der Waals surface area contributed by atoms with Crippen LogP contribution in [0.25, 0.3) is 0 Å². The van der Waals surface area contributed by atoms with Gasteiger partial charge in [-0.25, -0.2) is 0 Å². The molecular weight excluding hydrogens is 272 g/mol. The molecule has 0 fully saturated rings. The van der Waals surface area contributed by atoms with Crippen molar-refractivity contribution in [3.8, 4) is 0 Å². The van der Waals surface area contributed by atoms with Crippen LogP contribution in [0.1, 0.15) is 0 Å². The minimum absolute atomic E-state index is 0. The van der Waals surface area contributed by atoms with Gasteiger partial charge in [0.05, 0.1) is 0 Å². The molecule has 0 heterocycles. The topological polar surface area (TPSA) is 0 Å². The predicted molar refractivity (Wildman–Crippen MR) is 19.6 cm³/mol. The zero-order valence-electron chi connectivity index (χ0n) is 2.05. The van der Waals surface area contributed by atoms with Crippen LogP contribution in [0.15, 0.2) is 0 Å². The molecule has 0 rings (SSSR count). The Balaban J connectivity index is 0. The first-order valence-corrected chi connectivity index (χ1v) is 0. The number of hydrogen-bond donors (Lipinski definition) is 0. The summed E-state index contributed by atoms with van der Waals surface area (Å²) in [6.07, 6.45) is 0. The van der Waals surface area contributed by atoms with Crippen LogP contribution < -0.4 is 0 Å². The van der Waals surface area contributed by atoms with Gasteiger partial charge in [-0.15, -0.1) is 0 Å². The molecule has 1 atom stereocenters. The van der Waals surface area contributed by atoms with Gasteiger partial charge < -0.3 is 0 Å². The molecule has 4 heavy (non-hydrogen) atoms. The molecule has 0 aliphatic rings. The van der Waals surface area contributed by atoms with Crippen LogP contribution in [0.3, 0.4) is 0 Å². The van der Waals surface area contributed by atoms with Crippen LogP contribution in [0, 0.1) is 0 Å². The van der Waals surface area contributed by atoms with E-state index in [0.29, 0.717) is 0 Å². The van der Waals surface area contributed by atoms with Gasteiger partial charge in [-0.2, -0.15) is 9.90 Å². The molecule has 34 valence electrons. The summed E-state index contributed by atoms with van der Waals surface area (Å²) in [5.41, 5.74) is 0. The number of hydrogen-bond acceptors (Lipinski definition) is 0. The molecule has 0 aromatic rings. The van der Waals surface area contributed by atoms with Crippen LogP contribution in [-0.4, -0.2) is 23.9 Å². The molecule has 0 saturated heterocycles. The summed E-state index contributed by atoms with van der Waals surface area (Å²) in [7, 11) is 0. The first-order chi connectivity index (χ1) is 0. The van der Waals surface area contributed by atoms with Crippen molar-refractivity contribution in [3.63, 3.8) is 0 Å². The van der Waals surface area contributed by atoms with Gasteiger partial charge in [0.1, 0.15) is 0 Å². The van der Waals surface area contributed by atoms with E-state index >= 15 is 0 Å². The van der Waals surface area contributed by atoms with Crippen molar-refractivity contribution in [1.82, 2.24) is 0 Å². The van der Waals surface area contributed by atoms with E-state index in [4.69, 9.17) is 0 Å². The average Bonchev–Trinajstić information content (AvgIpc) is 0. The summed E-state index contributed by atoms with van der Waals surface area (Å²) in [5.74, 6) is 0. The predicted octanol–water partition coefficient (Wildman–Crippen LogP) is -0.863. The number of rotatable bonds is 0. The molecule has 0 bridgehead atoms. The Labute approximate surface area is 67.1 Å². The maximum absolute atomic E-state index is 0. The maximum atomic E-state index is 0. The second-order valence-corrected chi connectivity index (χ2v) is 0. The van der Waals surface area contributed by atoms with Crippen molar-refractivity contribution in [1.29, 1.82) is 0 Å². The van der Waals surface area contributed by atoms with Gasteiger partial charge in [0.25, 0.3) is 0 Å². The summed E-state index contributed by atoms with van der Waals surface area (Å²) >= 11 is 0. The van der Waals surface area contributed by atoms with E-state index in [0.717, 1.165) is 0 Å². The van der Waals surface area contributed by atoms with E-state index in [1.165, 1.54) is 0 Å². The zero-order chi connectivity index (χ0) is 0. The molecule has 4 radical (unpaired) electrons. The summed E-state index contributed by atoms with van der Waals surface area (Å²) in [6.45, 7) is 0. The molecule has 0 saturated carbocycles. The fourth-order valence-corrected chi connectivity index (χ4v) is 0. The Morgan fingerprint density at radius 1 is 1.00 bits per heavy atom. The van der Waals surface area contributed by atoms with Gasteiger partial charge >= 0.3 is 23.9 Å². The van der Waals surface area contributed by atoms with Crippen LogP contribution in [0.4, 0.5) is 0 Å². The molecule has 1 unspecified atom stereocenters. The quantitative estimate of drug-likeness (QED) is 0.399. The van der Waals surface area contributed by atoms with E-state index in [1.54, 1.807) is 0 Å². The van der Waals surface area contributed by atoms with E-state index in [2.05, 4.69) is 0 Å². The molecule has 0 aromatic heterocycles. The molecule has 4 heteroatoms. The van der Waals surface area contributed by atoms with Crippen LogP contribution in [-0.2, 0) is 33.8 Å². The van der Waals surface area contributed by atoms with Crippen LogP contribution >= 0.6 is 9.90 Å². The standard InChI is InChI=1S/Co.Cu.H3P.Sn.2H/h;;1H3;;;. The van der Waals surface area contributed by atoms with Gasteiger partial charge in [-0.05, 0) is 0 Å². The molecule has 0 spiro atoms. The SMILES string of the molecule is P.[Co].[Cu].[SnH2]. The third kappa shape index (κ3) is 8.87. The Kier molecular flexibility index (Phi) is 159. The summed E-state index contributed by atoms with van der Waals surface area (Å²) < 4.78 is 0. The van der Waals surface area contributed by atoms with E-state index in [9.17, 15) is 0 Å². The Morgan fingerprint density at radius 3 is 1.00 bits per heavy atom. The van der Waals surface area contributed by atoms with Crippen molar-refractivity contribution in [3.05, 3.63) is 0 Å². The van der Waals surface area contributed by atoms with Gasteiger partial charge in [0.15, 0.2) is 0 Å².